The molecule has 6 heteroatoms. The van der Waals surface area contributed by atoms with Crippen LogP contribution in [0.5, 0.6) is 5.75 Å². The minimum Gasteiger partial charge on any atom is -0.497 e. The van der Waals surface area contributed by atoms with Gasteiger partial charge in [-0.05, 0) is 41.8 Å². The SMILES string of the molecule is COc1ccc(CN2CCc3c(ccnc3-c3cncc(Cl)c3)C2=O)cc1. The van der Waals surface area contributed by atoms with Crippen LogP contribution in [0.25, 0.3) is 11.3 Å². The molecule has 1 aliphatic heterocycles. The van der Waals surface area contributed by atoms with E-state index in [9.17, 15) is 4.79 Å². The lowest BCUT2D eigenvalue weighted by atomic mass is 9.95. The van der Waals surface area contributed by atoms with Gasteiger partial charge in [-0.25, -0.2) is 0 Å². The highest BCUT2D eigenvalue weighted by atomic mass is 35.5. The molecule has 4 rings (SSSR count). The zero-order valence-corrected chi connectivity index (χ0v) is 15.6. The van der Waals surface area contributed by atoms with Crippen LogP contribution in [0.2, 0.25) is 5.02 Å². The number of fused-ring (bicyclic) bond motifs is 1. The van der Waals surface area contributed by atoms with E-state index in [0.29, 0.717) is 23.7 Å². The van der Waals surface area contributed by atoms with Crippen LogP contribution in [0.3, 0.4) is 0 Å². The summed E-state index contributed by atoms with van der Waals surface area (Å²) in [7, 11) is 1.64. The van der Waals surface area contributed by atoms with Crippen LogP contribution in [0.4, 0.5) is 0 Å². The lowest BCUT2D eigenvalue weighted by molar-refractivity contribution is 0.0727. The van der Waals surface area contributed by atoms with E-state index >= 15 is 0 Å². The van der Waals surface area contributed by atoms with Gasteiger partial charge in [-0.2, -0.15) is 0 Å². The zero-order valence-electron chi connectivity index (χ0n) is 14.9. The number of hydrogen-bond donors (Lipinski definition) is 0. The van der Waals surface area contributed by atoms with Crippen LogP contribution in [0.1, 0.15) is 21.5 Å². The predicted molar refractivity (Wildman–Crippen MR) is 104 cm³/mol. The fraction of sp³-hybridized carbons (Fsp3) is 0.190. The van der Waals surface area contributed by atoms with Crippen molar-refractivity contribution in [2.75, 3.05) is 13.7 Å². The maximum absolute atomic E-state index is 13.0. The molecule has 0 spiro atoms. The van der Waals surface area contributed by atoms with E-state index in [1.807, 2.05) is 35.2 Å². The van der Waals surface area contributed by atoms with Crippen molar-refractivity contribution in [3.63, 3.8) is 0 Å². The number of halogens is 1. The fourth-order valence-electron chi connectivity index (χ4n) is 3.36. The maximum Gasteiger partial charge on any atom is 0.254 e. The van der Waals surface area contributed by atoms with Crippen molar-refractivity contribution in [1.82, 2.24) is 14.9 Å². The summed E-state index contributed by atoms with van der Waals surface area (Å²) in [5.74, 6) is 0.825. The van der Waals surface area contributed by atoms with Crippen molar-refractivity contribution in [2.24, 2.45) is 0 Å². The molecular formula is C21H18ClN3O2. The largest absolute Gasteiger partial charge is 0.497 e. The molecule has 3 aromatic rings. The second-order valence-corrected chi connectivity index (χ2v) is 6.84. The number of methoxy groups -OCH3 is 1. The van der Waals surface area contributed by atoms with E-state index in [1.165, 1.54) is 0 Å². The Morgan fingerprint density at radius 1 is 1.19 bits per heavy atom. The van der Waals surface area contributed by atoms with Crippen molar-refractivity contribution in [3.05, 3.63) is 76.7 Å². The molecule has 1 amide bonds. The highest BCUT2D eigenvalue weighted by molar-refractivity contribution is 6.30. The minimum absolute atomic E-state index is 0.0192. The lowest BCUT2D eigenvalue weighted by Crippen LogP contribution is -2.37. The first-order valence-electron chi connectivity index (χ1n) is 8.66. The van der Waals surface area contributed by atoms with Crippen LogP contribution in [0.15, 0.2) is 55.0 Å². The van der Waals surface area contributed by atoms with Crippen LogP contribution >= 0.6 is 11.6 Å². The van der Waals surface area contributed by atoms with Gasteiger partial charge in [0.05, 0.1) is 17.8 Å². The zero-order chi connectivity index (χ0) is 18.8. The van der Waals surface area contributed by atoms with Gasteiger partial charge in [-0.15, -0.1) is 0 Å². The monoisotopic (exact) mass is 379 g/mol. The number of rotatable bonds is 4. The Morgan fingerprint density at radius 2 is 2.00 bits per heavy atom. The summed E-state index contributed by atoms with van der Waals surface area (Å²) in [6.07, 6.45) is 5.72. The molecule has 27 heavy (non-hydrogen) atoms. The van der Waals surface area contributed by atoms with Gasteiger partial charge in [0, 0.05) is 42.8 Å². The fourth-order valence-corrected chi connectivity index (χ4v) is 3.53. The summed E-state index contributed by atoms with van der Waals surface area (Å²) in [4.78, 5) is 23.5. The van der Waals surface area contributed by atoms with Crippen LogP contribution in [-0.4, -0.2) is 34.4 Å². The van der Waals surface area contributed by atoms with Gasteiger partial charge in [0.15, 0.2) is 0 Å². The molecule has 0 aliphatic carbocycles. The van der Waals surface area contributed by atoms with E-state index in [-0.39, 0.29) is 5.91 Å². The first-order chi connectivity index (χ1) is 13.2. The normalized spacial score (nSPS) is 13.4. The van der Waals surface area contributed by atoms with Gasteiger partial charge in [-0.1, -0.05) is 23.7 Å². The molecule has 0 N–H and O–H groups in total. The molecule has 0 radical (unpaired) electrons. The van der Waals surface area contributed by atoms with Crippen molar-refractivity contribution in [3.8, 4) is 17.0 Å². The second-order valence-electron chi connectivity index (χ2n) is 6.40. The molecule has 0 saturated carbocycles. The summed E-state index contributed by atoms with van der Waals surface area (Å²) in [6.45, 7) is 1.21. The molecule has 0 unspecified atom stereocenters. The highest BCUT2D eigenvalue weighted by Gasteiger charge is 2.27. The Labute approximate surface area is 162 Å². The standard InChI is InChI=1S/C21H18ClN3O2/c1-27-17-4-2-14(3-5-17)13-25-9-7-18-19(21(25)26)6-8-24-20(18)15-10-16(22)12-23-11-15/h2-6,8,10-12H,7,9,13H2,1H3. The van der Waals surface area contributed by atoms with Crippen molar-refractivity contribution in [1.29, 1.82) is 0 Å². The number of aromatic nitrogens is 2. The molecule has 0 fully saturated rings. The number of amides is 1. The summed E-state index contributed by atoms with van der Waals surface area (Å²) >= 11 is 6.07. The Morgan fingerprint density at radius 3 is 2.74 bits per heavy atom. The molecule has 1 aliphatic rings. The first-order valence-corrected chi connectivity index (χ1v) is 9.04. The molecule has 0 atom stereocenters. The molecule has 1 aromatic carbocycles. The van der Waals surface area contributed by atoms with E-state index in [2.05, 4.69) is 9.97 Å². The van der Waals surface area contributed by atoms with Crippen LogP contribution in [0, 0.1) is 0 Å². The topological polar surface area (TPSA) is 55.3 Å². The molecular weight excluding hydrogens is 362 g/mol. The average molecular weight is 380 g/mol. The minimum atomic E-state index is 0.0192. The summed E-state index contributed by atoms with van der Waals surface area (Å²) in [5, 5.41) is 0.551. The molecule has 2 aromatic heterocycles. The second kappa shape index (κ2) is 7.37. The number of ether oxygens (including phenoxy) is 1. The van der Waals surface area contributed by atoms with Crippen molar-refractivity contribution >= 4 is 17.5 Å². The summed E-state index contributed by atoms with van der Waals surface area (Å²) < 4.78 is 5.19. The predicted octanol–water partition coefficient (Wildman–Crippen LogP) is 4.00. The van der Waals surface area contributed by atoms with Gasteiger partial charge in [-0.3, -0.25) is 14.8 Å². The Balaban J connectivity index is 1.62. The molecule has 5 nitrogen and oxygen atoms in total. The number of pyridine rings is 2. The third kappa shape index (κ3) is 3.51. The number of hydrogen-bond acceptors (Lipinski definition) is 4. The maximum atomic E-state index is 13.0. The van der Waals surface area contributed by atoms with Crippen molar-refractivity contribution < 1.29 is 9.53 Å². The third-order valence-electron chi connectivity index (χ3n) is 4.72. The third-order valence-corrected chi connectivity index (χ3v) is 4.92. The van der Waals surface area contributed by atoms with Crippen LogP contribution in [-0.2, 0) is 13.0 Å². The first kappa shape index (κ1) is 17.5. The van der Waals surface area contributed by atoms with Gasteiger partial charge in [0.2, 0.25) is 0 Å². The lowest BCUT2D eigenvalue weighted by Gasteiger charge is -2.29. The van der Waals surface area contributed by atoms with Crippen molar-refractivity contribution in [2.45, 2.75) is 13.0 Å². The molecule has 3 heterocycles. The van der Waals surface area contributed by atoms with E-state index < -0.39 is 0 Å². The Kier molecular flexibility index (Phi) is 4.77. The van der Waals surface area contributed by atoms with E-state index in [1.54, 1.807) is 31.8 Å². The van der Waals surface area contributed by atoms with E-state index in [0.717, 1.165) is 34.6 Å². The Hall–Kier alpha value is -2.92. The molecule has 136 valence electrons. The van der Waals surface area contributed by atoms with Gasteiger partial charge < -0.3 is 9.64 Å². The smallest absolute Gasteiger partial charge is 0.254 e. The average Bonchev–Trinajstić information content (AvgIpc) is 2.70. The molecule has 0 bridgehead atoms. The van der Waals surface area contributed by atoms with Gasteiger partial charge >= 0.3 is 0 Å². The summed E-state index contributed by atoms with van der Waals surface area (Å²) in [6, 6.07) is 11.4. The number of benzene rings is 1. The number of nitrogens with zero attached hydrogens (tertiary/aromatic N) is 3. The molecule has 0 saturated heterocycles. The summed E-state index contributed by atoms with van der Waals surface area (Å²) in [5.41, 5.74) is 4.33. The highest BCUT2D eigenvalue weighted by Crippen LogP contribution is 2.30. The Bertz CT molecular complexity index is 989. The quantitative estimate of drug-likeness (QED) is 0.687. The number of carbonyl (C=O) groups is 1. The van der Waals surface area contributed by atoms with Gasteiger partial charge in [0.25, 0.3) is 5.91 Å². The van der Waals surface area contributed by atoms with E-state index in [4.69, 9.17) is 16.3 Å². The number of carbonyl (C=O) groups excluding carboxylic acids is 1. The van der Waals surface area contributed by atoms with Gasteiger partial charge in [0.1, 0.15) is 5.75 Å². The van der Waals surface area contributed by atoms with Crippen LogP contribution < -0.4 is 4.74 Å².